The number of hydrogen-bond acceptors (Lipinski definition) is 1. The minimum atomic E-state index is -0.290. The highest BCUT2D eigenvalue weighted by Crippen LogP contribution is 2.36. The molecule has 1 aliphatic carbocycles. The average molecular weight is 184 g/mol. The molecule has 1 rings (SSSR count). The molecule has 0 aromatic heterocycles. The maximum absolute atomic E-state index is 10.2. The number of rotatable bonds is 4. The molecule has 1 saturated carbocycles. The van der Waals surface area contributed by atoms with Crippen molar-refractivity contribution in [1.29, 1.82) is 0 Å². The third-order valence-electron chi connectivity index (χ3n) is 3.61. The van der Waals surface area contributed by atoms with Crippen LogP contribution in [0.25, 0.3) is 0 Å². The van der Waals surface area contributed by atoms with Gasteiger partial charge in [0.1, 0.15) is 0 Å². The van der Waals surface area contributed by atoms with E-state index in [4.69, 9.17) is 0 Å². The zero-order valence-corrected chi connectivity index (χ0v) is 9.18. The number of hydrogen-bond donors (Lipinski definition) is 1. The van der Waals surface area contributed by atoms with Crippen LogP contribution in [0.15, 0.2) is 0 Å². The van der Waals surface area contributed by atoms with Gasteiger partial charge in [-0.3, -0.25) is 0 Å². The summed E-state index contributed by atoms with van der Waals surface area (Å²) in [5.74, 6) is 0.891. The third kappa shape index (κ3) is 3.30. The normalized spacial score (nSPS) is 34.8. The van der Waals surface area contributed by atoms with Gasteiger partial charge in [0, 0.05) is 0 Å². The van der Waals surface area contributed by atoms with Crippen LogP contribution < -0.4 is 0 Å². The van der Waals surface area contributed by atoms with Crippen LogP contribution in [0, 0.1) is 5.92 Å². The zero-order valence-electron chi connectivity index (χ0n) is 9.18. The van der Waals surface area contributed by atoms with Crippen LogP contribution in [-0.4, -0.2) is 10.7 Å². The van der Waals surface area contributed by atoms with Crippen LogP contribution >= 0.6 is 0 Å². The average Bonchev–Trinajstić information content (AvgIpc) is 2.16. The maximum atomic E-state index is 10.2. The van der Waals surface area contributed by atoms with Crippen LogP contribution in [0.2, 0.25) is 0 Å². The predicted octanol–water partition coefficient (Wildman–Crippen LogP) is 3.51. The molecule has 78 valence electrons. The second-order valence-electron chi connectivity index (χ2n) is 4.68. The van der Waals surface area contributed by atoms with Crippen LogP contribution in [0.1, 0.15) is 65.2 Å². The van der Waals surface area contributed by atoms with Crippen LogP contribution in [-0.2, 0) is 0 Å². The summed E-state index contributed by atoms with van der Waals surface area (Å²) in [6.07, 6.45) is 9.31. The Morgan fingerprint density at radius 1 is 1.23 bits per heavy atom. The Kier molecular flexibility index (Phi) is 4.24. The van der Waals surface area contributed by atoms with Gasteiger partial charge in [-0.05, 0) is 38.0 Å². The monoisotopic (exact) mass is 184 g/mol. The first-order valence-electron chi connectivity index (χ1n) is 5.92. The lowest BCUT2D eigenvalue weighted by Gasteiger charge is -2.35. The molecule has 13 heavy (non-hydrogen) atoms. The van der Waals surface area contributed by atoms with Crippen LogP contribution in [0.3, 0.4) is 0 Å². The first-order valence-corrected chi connectivity index (χ1v) is 5.92. The highest BCUT2D eigenvalue weighted by atomic mass is 16.3. The van der Waals surface area contributed by atoms with E-state index in [9.17, 15) is 5.11 Å². The lowest BCUT2D eigenvalue weighted by molar-refractivity contribution is -0.0185. The second kappa shape index (κ2) is 4.99. The molecular weight excluding hydrogens is 160 g/mol. The maximum Gasteiger partial charge on any atom is 0.0648 e. The van der Waals surface area contributed by atoms with Crippen molar-refractivity contribution < 1.29 is 5.11 Å². The van der Waals surface area contributed by atoms with Crippen molar-refractivity contribution in [1.82, 2.24) is 0 Å². The summed E-state index contributed by atoms with van der Waals surface area (Å²) >= 11 is 0. The molecule has 0 saturated heterocycles. The Bertz CT molecular complexity index is 134. The summed E-state index contributed by atoms with van der Waals surface area (Å²) in [4.78, 5) is 0. The van der Waals surface area contributed by atoms with Gasteiger partial charge in [0.05, 0.1) is 5.60 Å². The largest absolute Gasteiger partial charge is 0.390 e. The molecular formula is C12H24O. The molecule has 0 aromatic rings. The summed E-state index contributed by atoms with van der Waals surface area (Å²) in [6.45, 7) is 4.46. The molecule has 0 aliphatic heterocycles. The Balaban J connectivity index is 2.28. The quantitative estimate of drug-likeness (QED) is 0.709. The highest BCUT2D eigenvalue weighted by molar-refractivity contribution is 4.84. The van der Waals surface area contributed by atoms with E-state index in [2.05, 4.69) is 13.8 Å². The fraction of sp³-hybridized carbons (Fsp3) is 1.00. The van der Waals surface area contributed by atoms with Gasteiger partial charge in [-0.15, -0.1) is 0 Å². The third-order valence-corrected chi connectivity index (χ3v) is 3.61. The Morgan fingerprint density at radius 3 is 2.31 bits per heavy atom. The standard InChI is InChI=1S/C12H24O/c1-3-5-8-12(13)9-6-11(4-2)7-10-12/h11,13H,3-10H2,1-2H3. The summed E-state index contributed by atoms with van der Waals surface area (Å²) in [7, 11) is 0. The van der Waals surface area contributed by atoms with Gasteiger partial charge in [0.15, 0.2) is 0 Å². The molecule has 0 heterocycles. The number of aliphatic hydroxyl groups is 1. The summed E-state index contributed by atoms with van der Waals surface area (Å²) in [5.41, 5.74) is -0.290. The van der Waals surface area contributed by atoms with Gasteiger partial charge in [0.2, 0.25) is 0 Å². The summed E-state index contributed by atoms with van der Waals surface area (Å²) in [6, 6.07) is 0. The van der Waals surface area contributed by atoms with Crippen molar-refractivity contribution in [2.24, 2.45) is 5.92 Å². The van der Waals surface area contributed by atoms with Gasteiger partial charge < -0.3 is 5.11 Å². The van der Waals surface area contributed by atoms with E-state index < -0.39 is 0 Å². The van der Waals surface area contributed by atoms with Crippen molar-refractivity contribution in [3.05, 3.63) is 0 Å². The molecule has 1 N–H and O–H groups in total. The SMILES string of the molecule is CCCCC1(O)CCC(CC)CC1. The first kappa shape index (κ1) is 11.0. The summed E-state index contributed by atoms with van der Waals surface area (Å²) < 4.78 is 0. The van der Waals surface area contributed by atoms with Crippen molar-refractivity contribution in [2.75, 3.05) is 0 Å². The molecule has 0 amide bonds. The first-order chi connectivity index (χ1) is 6.20. The lowest BCUT2D eigenvalue weighted by Crippen LogP contribution is -2.33. The molecule has 1 fully saturated rings. The minimum Gasteiger partial charge on any atom is -0.390 e. The van der Waals surface area contributed by atoms with Gasteiger partial charge >= 0.3 is 0 Å². The molecule has 1 aliphatic rings. The summed E-state index contributed by atoms with van der Waals surface area (Å²) in [5, 5.41) is 10.2. The van der Waals surface area contributed by atoms with Crippen LogP contribution in [0.5, 0.6) is 0 Å². The topological polar surface area (TPSA) is 20.2 Å². The van der Waals surface area contributed by atoms with E-state index in [0.717, 1.165) is 25.2 Å². The Labute approximate surface area is 82.5 Å². The van der Waals surface area contributed by atoms with Gasteiger partial charge in [-0.2, -0.15) is 0 Å². The van der Waals surface area contributed by atoms with Gasteiger partial charge in [-0.25, -0.2) is 0 Å². The lowest BCUT2D eigenvalue weighted by atomic mass is 9.76. The predicted molar refractivity (Wildman–Crippen MR) is 56.7 cm³/mol. The second-order valence-corrected chi connectivity index (χ2v) is 4.68. The van der Waals surface area contributed by atoms with Crippen molar-refractivity contribution in [3.63, 3.8) is 0 Å². The van der Waals surface area contributed by atoms with E-state index in [-0.39, 0.29) is 5.60 Å². The minimum absolute atomic E-state index is 0.290. The fourth-order valence-electron chi connectivity index (χ4n) is 2.38. The molecule has 1 nitrogen and oxygen atoms in total. The molecule has 0 spiro atoms. The van der Waals surface area contributed by atoms with Crippen LogP contribution in [0.4, 0.5) is 0 Å². The molecule has 0 unspecified atom stereocenters. The Morgan fingerprint density at radius 2 is 1.85 bits per heavy atom. The van der Waals surface area contributed by atoms with Crippen molar-refractivity contribution >= 4 is 0 Å². The van der Waals surface area contributed by atoms with Gasteiger partial charge in [-0.1, -0.05) is 33.1 Å². The highest BCUT2D eigenvalue weighted by Gasteiger charge is 2.31. The van der Waals surface area contributed by atoms with Crippen molar-refractivity contribution in [3.8, 4) is 0 Å². The van der Waals surface area contributed by atoms with Gasteiger partial charge in [0.25, 0.3) is 0 Å². The van der Waals surface area contributed by atoms with E-state index in [1.54, 1.807) is 0 Å². The van der Waals surface area contributed by atoms with E-state index >= 15 is 0 Å². The van der Waals surface area contributed by atoms with E-state index in [1.807, 2.05) is 0 Å². The Hall–Kier alpha value is -0.0400. The molecule has 0 atom stereocenters. The van der Waals surface area contributed by atoms with Crippen molar-refractivity contribution in [2.45, 2.75) is 70.8 Å². The van der Waals surface area contributed by atoms with E-state index in [1.165, 1.54) is 32.1 Å². The zero-order chi connectivity index (χ0) is 9.73. The number of unbranched alkanes of at least 4 members (excludes halogenated alkanes) is 1. The smallest absolute Gasteiger partial charge is 0.0648 e. The fourth-order valence-corrected chi connectivity index (χ4v) is 2.38. The molecule has 0 bridgehead atoms. The molecule has 0 radical (unpaired) electrons. The molecule has 0 aromatic carbocycles. The molecule has 1 heteroatoms. The van der Waals surface area contributed by atoms with E-state index in [0.29, 0.717) is 0 Å².